The Morgan fingerprint density at radius 1 is 0.378 bits per heavy atom. The number of unbranched alkanes of at least 4 members (excludes halogenated alkanes) is 31. The highest BCUT2D eigenvalue weighted by Crippen LogP contribution is 2.14. The summed E-state index contributed by atoms with van der Waals surface area (Å²) in [7, 11) is 0. The number of hydrogen-bond acceptors (Lipinski definition) is 2. The van der Waals surface area contributed by atoms with Crippen molar-refractivity contribution in [3.63, 3.8) is 0 Å². The normalized spacial score (nSPS) is 10.7. The highest BCUT2D eigenvalue weighted by atomic mass is 16.5. The summed E-state index contributed by atoms with van der Waals surface area (Å²) in [6, 6.07) is 0. The molecule has 0 heterocycles. The molecule has 0 amide bonds. The van der Waals surface area contributed by atoms with E-state index in [0.717, 1.165) is 38.5 Å². The van der Waals surface area contributed by atoms with E-state index >= 15 is 0 Å². The minimum absolute atomic E-state index is 0.000472. The Hall–Kier alpha value is -1.41. The minimum atomic E-state index is 0.000472. The Balaban J connectivity index is 3.27. The van der Waals surface area contributed by atoms with Crippen LogP contribution in [-0.4, -0.2) is 12.6 Å². The van der Waals surface area contributed by atoms with Crippen LogP contribution in [0.5, 0.6) is 0 Å². The molecule has 0 N–H and O–H groups in total. The molecule has 0 bridgehead atoms. The van der Waals surface area contributed by atoms with Crippen LogP contribution in [0, 0.1) is 23.7 Å². The maximum Gasteiger partial charge on any atom is 0.305 e. The van der Waals surface area contributed by atoms with E-state index in [1.54, 1.807) is 0 Å². The first-order chi connectivity index (χ1) is 22.3. The quantitative estimate of drug-likeness (QED) is 0.0397. The molecular formula is C43H78O2. The lowest BCUT2D eigenvalue weighted by Gasteiger charge is -2.05. The number of hydrogen-bond donors (Lipinski definition) is 0. The lowest BCUT2D eigenvalue weighted by atomic mass is 10.0. The van der Waals surface area contributed by atoms with Crippen molar-refractivity contribution in [1.82, 2.24) is 0 Å². The summed E-state index contributed by atoms with van der Waals surface area (Å²) in [6.07, 6.45) is 45.1. The van der Waals surface area contributed by atoms with E-state index in [4.69, 9.17) is 4.74 Å². The molecule has 0 spiro atoms. The first kappa shape index (κ1) is 43.6. The molecule has 0 aliphatic heterocycles. The van der Waals surface area contributed by atoms with Crippen LogP contribution in [0.25, 0.3) is 0 Å². The largest absolute Gasteiger partial charge is 0.466 e. The third-order valence-electron chi connectivity index (χ3n) is 9.09. The second-order valence-corrected chi connectivity index (χ2v) is 13.7. The predicted molar refractivity (Wildman–Crippen MR) is 199 cm³/mol. The lowest BCUT2D eigenvalue weighted by molar-refractivity contribution is -0.143. The van der Waals surface area contributed by atoms with Crippen molar-refractivity contribution < 1.29 is 9.53 Å². The van der Waals surface area contributed by atoms with Crippen molar-refractivity contribution in [2.45, 2.75) is 239 Å². The van der Waals surface area contributed by atoms with Gasteiger partial charge in [0.25, 0.3) is 0 Å². The summed E-state index contributed by atoms with van der Waals surface area (Å²) < 4.78 is 5.44. The van der Waals surface area contributed by atoms with Gasteiger partial charge in [-0.15, -0.1) is 0 Å². The van der Waals surface area contributed by atoms with E-state index in [-0.39, 0.29) is 5.97 Å². The van der Waals surface area contributed by atoms with Gasteiger partial charge in [-0.3, -0.25) is 4.79 Å². The summed E-state index contributed by atoms with van der Waals surface area (Å²) in [6.45, 7) is 5.18. The zero-order valence-electron chi connectivity index (χ0n) is 30.8. The average molecular weight is 627 g/mol. The first-order valence-electron chi connectivity index (χ1n) is 20.4. The van der Waals surface area contributed by atoms with Crippen molar-refractivity contribution in [2.75, 3.05) is 6.61 Å². The third kappa shape index (κ3) is 40.6. The monoisotopic (exact) mass is 627 g/mol. The Bertz CT molecular complexity index is 703. The van der Waals surface area contributed by atoms with Gasteiger partial charge in [-0.1, -0.05) is 205 Å². The summed E-state index contributed by atoms with van der Waals surface area (Å²) in [5.41, 5.74) is 0. The second kappa shape index (κ2) is 40.6. The van der Waals surface area contributed by atoms with E-state index in [1.807, 2.05) is 0 Å². The SMILES string of the molecule is CCCCCCCCCCCCC#CC#CCCCCCCCCC(=O)OCCCCCCCCCCCCCCCCCC. The fourth-order valence-corrected chi connectivity index (χ4v) is 6.01. The van der Waals surface area contributed by atoms with Crippen molar-refractivity contribution >= 4 is 5.97 Å². The maximum absolute atomic E-state index is 12.0. The highest BCUT2D eigenvalue weighted by molar-refractivity contribution is 5.69. The van der Waals surface area contributed by atoms with Gasteiger partial charge >= 0.3 is 5.97 Å². The van der Waals surface area contributed by atoms with Gasteiger partial charge in [0.1, 0.15) is 0 Å². The molecule has 0 aliphatic rings. The van der Waals surface area contributed by atoms with Crippen molar-refractivity contribution in [2.24, 2.45) is 0 Å². The van der Waals surface area contributed by atoms with Crippen LogP contribution in [0.3, 0.4) is 0 Å². The number of esters is 1. The van der Waals surface area contributed by atoms with Crippen LogP contribution in [0.2, 0.25) is 0 Å². The summed E-state index contributed by atoms with van der Waals surface area (Å²) in [5.74, 6) is 12.5. The molecule has 2 nitrogen and oxygen atoms in total. The second-order valence-electron chi connectivity index (χ2n) is 13.7. The van der Waals surface area contributed by atoms with Gasteiger partial charge < -0.3 is 4.74 Å². The zero-order valence-corrected chi connectivity index (χ0v) is 30.8. The molecule has 0 fully saturated rings. The predicted octanol–water partition coefficient (Wildman–Crippen LogP) is 14.2. The van der Waals surface area contributed by atoms with Crippen molar-refractivity contribution in [1.29, 1.82) is 0 Å². The van der Waals surface area contributed by atoms with E-state index in [0.29, 0.717) is 13.0 Å². The van der Waals surface area contributed by atoms with Gasteiger partial charge in [0.05, 0.1) is 6.61 Å². The van der Waals surface area contributed by atoms with E-state index in [1.165, 1.54) is 180 Å². The van der Waals surface area contributed by atoms with Crippen molar-refractivity contribution in [3.8, 4) is 23.7 Å². The number of carbonyl (C=O) groups excluding carboxylic acids is 1. The number of carbonyl (C=O) groups is 1. The molecule has 0 aromatic rings. The number of rotatable bonds is 35. The third-order valence-corrected chi connectivity index (χ3v) is 9.09. The summed E-state index contributed by atoms with van der Waals surface area (Å²) in [4.78, 5) is 12.0. The van der Waals surface area contributed by atoms with E-state index < -0.39 is 0 Å². The molecule has 0 aliphatic carbocycles. The van der Waals surface area contributed by atoms with Gasteiger partial charge in [0.2, 0.25) is 0 Å². The van der Waals surface area contributed by atoms with Crippen LogP contribution in [0.1, 0.15) is 239 Å². The summed E-state index contributed by atoms with van der Waals surface area (Å²) >= 11 is 0. The van der Waals surface area contributed by atoms with Crippen LogP contribution in [0.4, 0.5) is 0 Å². The Kier molecular flexibility index (Phi) is 39.3. The molecule has 45 heavy (non-hydrogen) atoms. The smallest absolute Gasteiger partial charge is 0.305 e. The molecule has 2 heteroatoms. The van der Waals surface area contributed by atoms with Crippen LogP contribution >= 0.6 is 0 Å². The van der Waals surface area contributed by atoms with Crippen LogP contribution < -0.4 is 0 Å². The topological polar surface area (TPSA) is 26.3 Å². The average Bonchev–Trinajstić information content (AvgIpc) is 3.05. The maximum atomic E-state index is 12.0. The fourth-order valence-electron chi connectivity index (χ4n) is 6.01. The molecule has 0 saturated heterocycles. The molecule has 0 unspecified atom stereocenters. The zero-order chi connectivity index (χ0) is 32.6. The van der Waals surface area contributed by atoms with Gasteiger partial charge in [-0.05, 0) is 37.5 Å². The standard InChI is InChI=1S/C43H78O2/c1-3-5-7-9-11-13-15-17-19-21-22-23-24-25-26-27-29-31-33-35-37-39-41-43(44)45-42-40-38-36-34-32-30-28-20-18-16-14-12-10-8-6-4-2/h3-22,27-42H2,1-2H3. The van der Waals surface area contributed by atoms with E-state index in [2.05, 4.69) is 37.5 Å². The molecule has 262 valence electrons. The molecule has 0 aromatic carbocycles. The van der Waals surface area contributed by atoms with Crippen LogP contribution in [0.15, 0.2) is 0 Å². The molecule has 0 atom stereocenters. The Labute approximate surface area is 283 Å². The number of ether oxygens (including phenoxy) is 1. The molecular weight excluding hydrogens is 548 g/mol. The fraction of sp³-hybridized carbons (Fsp3) is 0.884. The first-order valence-corrected chi connectivity index (χ1v) is 20.4. The van der Waals surface area contributed by atoms with Crippen molar-refractivity contribution in [3.05, 3.63) is 0 Å². The van der Waals surface area contributed by atoms with Gasteiger partial charge in [-0.25, -0.2) is 0 Å². The Morgan fingerprint density at radius 2 is 0.667 bits per heavy atom. The minimum Gasteiger partial charge on any atom is -0.466 e. The van der Waals surface area contributed by atoms with Gasteiger partial charge in [0.15, 0.2) is 0 Å². The Morgan fingerprint density at radius 3 is 1.02 bits per heavy atom. The highest BCUT2D eigenvalue weighted by Gasteiger charge is 2.02. The molecule has 0 rings (SSSR count). The van der Waals surface area contributed by atoms with E-state index in [9.17, 15) is 4.79 Å². The lowest BCUT2D eigenvalue weighted by Crippen LogP contribution is -2.05. The molecule has 0 aromatic heterocycles. The molecule has 0 saturated carbocycles. The van der Waals surface area contributed by atoms with Gasteiger partial charge in [-0.2, -0.15) is 0 Å². The molecule has 0 radical (unpaired) electrons. The van der Waals surface area contributed by atoms with Gasteiger partial charge in [0, 0.05) is 19.3 Å². The van der Waals surface area contributed by atoms with Crippen LogP contribution in [-0.2, 0) is 9.53 Å². The summed E-state index contributed by atoms with van der Waals surface area (Å²) in [5, 5.41) is 0.